The Kier molecular flexibility index (Phi) is 3.39. The number of benzene rings is 1. The SMILES string of the molecule is N=C(N)NC(=O)c1cnn(-c2ccccc2Cl)c1C1CC1. The number of carbonyl (C=O) groups excluding carboxylic acids is 1. The minimum Gasteiger partial charge on any atom is -0.370 e. The number of hydrogen-bond acceptors (Lipinski definition) is 3. The fraction of sp³-hybridized carbons (Fsp3) is 0.214. The minimum atomic E-state index is -0.414. The average Bonchev–Trinajstić information content (AvgIpc) is 3.17. The first-order valence-electron chi connectivity index (χ1n) is 6.56. The van der Waals surface area contributed by atoms with Gasteiger partial charge in [0.05, 0.1) is 28.2 Å². The van der Waals surface area contributed by atoms with Crippen LogP contribution in [0.15, 0.2) is 30.5 Å². The molecule has 0 radical (unpaired) electrons. The van der Waals surface area contributed by atoms with E-state index in [2.05, 4.69) is 10.4 Å². The summed E-state index contributed by atoms with van der Waals surface area (Å²) in [5.41, 5.74) is 7.22. The highest BCUT2D eigenvalue weighted by atomic mass is 35.5. The van der Waals surface area contributed by atoms with Crippen molar-refractivity contribution in [3.63, 3.8) is 0 Å². The maximum atomic E-state index is 12.1. The summed E-state index contributed by atoms with van der Waals surface area (Å²) in [6, 6.07) is 7.35. The molecule has 7 heteroatoms. The van der Waals surface area contributed by atoms with Crippen molar-refractivity contribution in [1.29, 1.82) is 5.41 Å². The van der Waals surface area contributed by atoms with Gasteiger partial charge in [0.25, 0.3) is 5.91 Å². The van der Waals surface area contributed by atoms with Gasteiger partial charge in [-0.2, -0.15) is 5.10 Å². The zero-order valence-electron chi connectivity index (χ0n) is 11.1. The molecule has 0 aliphatic heterocycles. The Morgan fingerprint density at radius 1 is 1.43 bits per heavy atom. The molecule has 1 aromatic heterocycles. The van der Waals surface area contributed by atoms with Crippen LogP contribution in [0.1, 0.15) is 34.8 Å². The third-order valence-corrected chi connectivity index (χ3v) is 3.66. The first-order chi connectivity index (χ1) is 10.1. The topological polar surface area (TPSA) is 96.8 Å². The minimum absolute atomic E-state index is 0.288. The van der Waals surface area contributed by atoms with E-state index in [9.17, 15) is 4.79 Å². The van der Waals surface area contributed by atoms with Crippen molar-refractivity contribution >= 4 is 23.5 Å². The van der Waals surface area contributed by atoms with E-state index in [1.165, 1.54) is 6.20 Å². The Morgan fingerprint density at radius 3 is 2.76 bits per heavy atom. The lowest BCUT2D eigenvalue weighted by Crippen LogP contribution is -2.36. The molecule has 1 aliphatic carbocycles. The highest BCUT2D eigenvalue weighted by Gasteiger charge is 2.33. The zero-order valence-corrected chi connectivity index (χ0v) is 11.9. The van der Waals surface area contributed by atoms with E-state index in [0.717, 1.165) is 24.2 Å². The van der Waals surface area contributed by atoms with Crippen LogP contribution in [-0.4, -0.2) is 21.6 Å². The summed E-state index contributed by atoms with van der Waals surface area (Å²) in [6.07, 6.45) is 3.52. The highest BCUT2D eigenvalue weighted by molar-refractivity contribution is 6.32. The molecule has 21 heavy (non-hydrogen) atoms. The molecule has 3 rings (SSSR count). The van der Waals surface area contributed by atoms with Crippen molar-refractivity contribution in [2.75, 3.05) is 0 Å². The smallest absolute Gasteiger partial charge is 0.261 e. The summed E-state index contributed by atoms with van der Waals surface area (Å²) >= 11 is 6.21. The Morgan fingerprint density at radius 2 is 2.14 bits per heavy atom. The summed E-state index contributed by atoms with van der Waals surface area (Å²) in [4.78, 5) is 12.1. The van der Waals surface area contributed by atoms with Crippen LogP contribution in [-0.2, 0) is 0 Å². The molecule has 0 saturated heterocycles. The number of nitrogens with zero attached hydrogens (tertiary/aromatic N) is 2. The number of nitrogens with two attached hydrogens (primary N) is 1. The number of guanidine groups is 1. The van der Waals surface area contributed by atoms with Crippen molar-refractivity contribution < 1.29 is 4.79 Å². The maximum absolute atomic E-state index is 12.1. The van der Waals surface area contributed by atoms with Gasteiger partial charge < -0.3 is 5.73 Å². The molecular formula is C14H14ClN5O. The van der Waals surface area contributed by atoms with E-state index in [1.807, 2.05) is 18.2 Å². The second-order valence-corrected chi connectivity index (χ2v) is 5.36. The quantitative estimate of drug-likeness (QED) is 0.598. The van der Waals surface area contributed by atoms with E-state index in [-0.39, 0.29) is 11.9 Å². The Hall–Kier alpha value is -2.34. The van der Waals surface area contributed by atoms with Crippen molar-refractivity contribution in [2.45, 2.75) is 18.8 Å². The van der Waals surface area contributed by atoms with Gasteiger partial charge in [-0.1, -0.05) is 23.7 Å². The summed E-state index contributed by atoms with van der Waals surface area (Å²) in [6.45, 7) is 0. The molecule has 0 bridgehead atoms. The van der Waals surface area contributed by atoms with Gasteiger partial charge in [0.15, 0.2) is 5.96 Å². The zero-order chi connectivity index (χ0) is 15.0. The highest BCUT2D eigenvalue weighted by Crippen LogP contribution is 2.43. The fourth-order valence-corrected chi connectivity index (χ4v) is 2.50. The van der Waals surface area contributed by atoms with Crippen LogP contribution in [0.25, 0.3) is 5.69 Å². The van der Waals surface area contributed by atoms with Crippen molar-refractivity contribution in [3.05, 3.63) is 46.7 Å². The van der Waals surface area contributed by atoms with Crippen LogP contribution in [0.3, 0.4) is 0 Å². The predicted molar refractivity (Wildman–Crippen MR) is 79.9 cm³/mol. The fourth-order valence-electron chi connectivity index (χ4n) is 2.29. The standard InChI is InChI=1S/C14H14ClN5O/c15-10-3-1-2-4-11(10)20-12(8-5-6-8)9(7-18-20)13(21)19-14(16)17/h1-4,7-8H,5-6H2,(H4,16,17,19,21). The molecule has 1 fully saturated rings. The lowest BCUT2D eigenvalue weighted by atomic mass is 10.1. The molecule has 2 aromatic rings. The predicted octanol–water partition coefficient (Wildman–Crippen LogP) is 2.03. The largest absolute Gasteiger partial charge is 0.370 e. The number of aromatic nitrogens is 2. The molecule has 108 valence electrons. The van der Waals surface area contributed by atoms with Crippen LogP contribution >= 0.6 is 11.6 Å². The number of amides is 1. The first-order valence-corrected chi connectivity index (χ1v) is 6.94. The van der Waals surface area contributed by atoms with Gasteiger partial charge in [-0.25, -0.2) is 4.68 Å². The average molecular weight is 304 g/mol. The van der Waals surface area contributed by atoms with E-state index >= 15 is 0 Å². The van der Waals surface area contributed by atoms with Crippen molar-refractivity contribution in [1.82, 2.24) is 15.1 Å². The number of para-hydroxylation sites is 1. The number of carbonyl (C=O) groups is 1. The third-order valence-electron chi connectivity index (χ3n) is 3.34. The van der Waals surface area contributed by atoms with Gasteiger partial charge in [0.1, 0.15) is 0 Å². The number of hydrogen-bond donors (Lipinski definition) is 3. The number of nitrogens with one attached hydrogen (secondary N) is 2. The molecule has 0 unspecified atom stereocenters. The molecule has 6 nitrogen and oxygen atoms in total. The van der Waals surface area contributed by atoms with Crippen molar-refractivity contribution in [2.24, 2.45) is 5.73 Å². The summed E-state index contributed by atoms with van der Waals surface area (Å²) in [5, 5.41) is 14.3. The monoisotopic (exact) mass is 303 g/mol. The van der Waals surface area contributed by atoms with Gasteiger partial charge in [0.2, 0.25) is 0 Å². The van der Waals surface area contributed by atoms with E-state index in [4.69, 9.17) is 22.7 Å². The summed E-state index contributed by atoms with van der Waals surface area (Å²) in [5.74, 6) is -0.508. The van der Waals surface area contributed by atoms with E-state index < -0.39 is 5.91 Å². The van der Waals surface area contributed by atoms with E-state index in [0.29, 0.717) is 10.6 Å². The second-order valence-electron chi connectivity index (χ2n) is 4.95. The van der Waals surface area contributed by atoms with Gasteiger partial charge in [0, 0.05) is 5.92 Å². The summed E-state index contributed by atoms with van der Waals surface area (Å²) in [7, 11) is 0. The van der Waals surface area contributed by atoms with Crippen LogP contribution in [0.5, 0.6) is 0 Å². The molecule has 1 saturated carbocycles. The van der Waals surface area contributed by atoms with Crippen LogP contribution < -0.4 is 11.1 Å². The molecule has 1 aromatic carbocycles. The summed E-state index contributed by atoms with van der Waals surface area (Å²) < 4.78 is 1.70. The van der Waals surface area contributed by atoms with Crippen molar-refractivity contribution in [3.8, 4) is 5.69 Å². The normalized spacial score (nSPS) is 14.0. The molecule has 0 atom stereocenters. The van der Waals surface area contributed by atoms with Gasteiger partial charge in [-0.3, -0.25) is 15.5 Å². The molecule has 1 amide bonds. The molecule has 4 N–H and O–H groups in total. The van der Waals surface area contributed by atoms with Crippen LogP contribution in [0.4, 0.5) is 0 Å². The van der Waals surface area contributed by atoms with Crippen LogP contribution in [0.2, 0.25) is 5.02 Å². The molecule has 1 heterocycles. The van der Waals surface area contributed by atoms with Gasteiger partial charge >= 0.3 is 0 Å². The number of halogens is 1. The molecule has 1 aliphatic rings. The lowest BCUT2D eigenvalue weighted by Gasteiger charge is -2.10. The molecular weight excluding hydrogens is 290 g/mol. The lowest BCUT2D eigenvalue weighted by molar-refractivity contribution is 0.0975. The Labute approximate surface area is 126 Å². The Bertz CT molecular complexity index is 720. The molecule has 0 spiro atoms. The first kappa shape index (κ1) is 13.6. The van der Waals surface area contributed by atoms with Gasteiger partial charge in [-0.05, 0) is 25.0 Å². The van der Waals surface area contributed by atoms with Crippen LogP contribution in [0, 0.1) is 5.41 Å². The number of rotatable bonds is 3. The Balaban J connectivity index is 2.07. The second kappa shape index (κ2) is 5.21. The maximum Gasteiger partial charge on any atom is 0.261 e. The third kappa shape index (κ3) is 2.62. The van der Waals surface area contributed by atoms with Gasteiger partial charge in [-0.15, -0.1) is 0 Å². The van der Waals surface area contributed by atoms with E-state index in [1.54, 1.807) is 10.7 Å².